The third-order valence-corrected chi connectivity index (χ3v) is 5.21. The highest BCUT2D eigenvalue weighted by Crippen LogP contribution is 2.14. The summed E-state index contributed by atoms with van der Waals surface area (Å²) in [6, 6.07) is 13.7. The SMILES string of the molecule is C#CCNS(=O)(=O)c1ccc(C(=O)N(C)Cc2ccccc2C)cc1. The number of rotatable bonds is 6. The Hall–Kier alpha value is -2.62. The van der Waals surface area contributed by atoms with Crippen LogP contribution >= 0.6 is 0 Å². The summed E-state index contributed by atoms with van der Waals surface area (Å²) in [6.07, 6.45) is 5.06. The van der Waals surface area contributed by atoms with Crippen molar-refractivity contribution < 1.29 is 13.2 Å². The number of hydrogen-bond donors (Lipinski definition) is 1. The molecule has 0 bridgehead atoms. The lowest BCUT2D eigenvalue weighted by Crippen LogP contribution is -2.27. The molecule has 0 aliphatic heterocycles. The molecule has 0 unspecified atom stereocenters. The lowest BCUT2D eigenvalue weighted by atomic mass is 10.1. The van der Waals surface area contributed by atoms with E-state index in [0.717, 1.165) is 11.1 Å². The molecule has 6 heteroatoms. The zero-order chi connectivity index (χ0) is 18.4. The number of carbonyl (C=O) groups excluding carboxylic acids is 1. The van der Waals surface area contributed by atoms with Crippen molar-refractivity contribution in [2.75, 3.05) is 13.6 Å². The Labute approximate surface area is 148 Å². The number of benzene rings is 2. The molecule has 0 saturated heterocycles. The number of nitrogens with one attached hydrogen (secondary N) is 1. The number of aryl methyl sites for hydroxylation is 1. The maximum atomic E-state index is 12.5. The highest BCUT2D eigenvalue weighted by molar-refractivity contribution is 7.89. The van der Waals surface area contributed by atoms with Gasteiger partial charge in [-0.25, -0.2) is 8.42 Å². The Morgan fingerprint density at radius 3 is 2.40 bits per heavy atom. The van der Waals surface area contributed by atoms with Crippen molar-refractivity contribution in [2.24, 2.45) is 0 Å². The van der Waals surface area contributed by atoms with Crippen LogP contribution in [0.2, 0.25) is 0 Å². The first-order valence-electron chi connectivity index (χ1n) is 7.68. The van der Waals surface area contributed by atoms with Crippen LogP contribution in [0.5, 0.6) is 0 Å². The molecule has 2 aromatic rings. The number of sulfonamides is 1. The third-order valence-electron chi connectivity index (χ3n) is 3.79. The Kier molecular flexibility index (Phi) is 5.97. The standard InChI is InChI=1S/C19H20N2O3S/c1-4-13-20-25(23,24)18-11-9-16(10-12-18)19(22)21(3)14-17-8-6-5-7-15(17)2/h1,5-12,20H,13-14H2,2-3H3. The zero-order valence-corrected chi connectivity index (χ0v) is 15.0. The lowest BCUT2D eigenvalue weighted by Gasteiger charge is -2.18. The molecule has 0 atom stereocenters. The quantitative estimate of drug-likeness (QED) is 0.807. The van der Waals surface area contributed by atoms with Crippen LogP contribution in [0.15, 0.2) is 53.4 Å². The molecule has 0 aliphatic carbocycles. The summed E-state index contributed by atoms with van der Waals surface area (Å²) in [4.78, 5) is 14.2. The number of carbonyl (C=O) groups is 1. The number of terminal acetylenes is 1. The van der Waals surface area contributed by atoms with Crippen LogP contribution in [-0.2, 0) is 16.6 Å². The second kappa shape index (κ2) is 7.97. The first-order chi connectivity index (χ1) is 11.8. The highest BCUT2D eigenvalue weighted by atomic mass is 32.2. The molecule has 5 nitrogen and oxygen atoms in total. The molecular weight excluding hydrogens is 336 g/mol. The van der Waals surface area contributed by atoms with Crippen molar-refractivity contribution in [3.63, 3.8) is 0 Å². The molecule has 0 heterocycles. The predicted octanol–water partition coefficient (Wildman–Crippen LogP) is 2.18. The predicted molar refractivity (Wildman–Crippen MR) is 97.4 cm³/mol. The van der Waals surface area contributed by atoms with E-state index in [1.165, 1.54) is 24.3 Å². The Bertz CT molecular complexity index is 897. The van der Waals surface area contributed by atoms with Crippen molar-refractivity contribution in [3.05, 3.63) is 65.2 Å². The van der Waals surface area contributed by atoms with Crippen molar-refractivity contribution in [3.8, 4) is 12.3 Å². The minimum atomic E-state index is -3.66. The van der Waals surface area contributed by atoms with E-state index in [-0.39, 0.29) is 17.3 Å². The van der Waals surface area contributed by atoms with Gasteiger partial charge < -0.3 is 4.90 Å². The van der Waals surface area contributed by atoms with E-state index in [0.29, 0.717) is 12.1 Å². The lowest BCUT2D eigenvalue weighted by molar-refractivity contribution is 0.0785. The van der Waals surface area contributed by atoms with Gasteiger partial charge in [0.25, 0.3) is 5.91 Å². The van der Waals surface area contributed by atoms with E-state index in [9.17, 15) is 13.2 Å². The van der Waals surface area contributed by atoms with Crippen LogP contribution in [0, 0.1) is 19.3 Å². The summed E-state index contributed by atoms with van der Waals surface area (Å²) in [6.45, 7) is 2.40. The maximum absolute atomic E-state index is 12.5. The molecular formula is C19H20N2O3S. The van der Waals surface area contributed by atoms with Crippen molar-refractivity contribution in [1.82, 2.24) is 9.62 Å². The van der Waals surface area contributed by atoms with Gasteiger partial charge in [-0.05, 0) is 42.3 Å². The first kappa shape index (κ1) is 18.7. The van der Waals surface area contributed by atoms with Crippen LogP contribution in [0.1, 0.15) is 21.5 Å². The van der Waals surface area contributed by atoms with E-state index in [1.54, 1.807) is 11.9 Å². The first-order valence-corrected chi connectivity index (χ1v) is 9.16. The fourth-order valence-corrected chi connectivity index (χ4v) is 3.27. The number of amides is 1. The molecule has 0 aromatic heterocycles. The second-order valence-electron chi connectivity index (χ2n) is 5.64. The fourth-order valence-electron chi connectivity index (χ4n) is 2.33. The Balaban J connectivity index is 2.12. The second-order valence-corrected chi connectivity index (χ2v) is 7.41. The largest absolute Gasteiger partial charge is 0.337 e. The topological polar surface area (TPSA) is 66.5 Å². The van der Waals surface area contributed by atoms with Gasteiger partial charge in [-0.2, -0.15) is 4.72 Å². The van der Waals surface area contributed by atoms with Crippen LogP contribution in [0.4, 0.5) is 0 Å². The third kappa shape index (κ3) is 4.69. The average molecular weight is 356 g/mol. The fraction of sp³-hybridized carbons (Fsp3) is 0.211. The highest BCUT2D eigenvalue weighted by Gasteiger charge is 2.16. The van der Waals surface area contributed by atoms with Gasteiger partial charge in [-0.1, -0.05) is 30.2 Å². The number of hydrogen-bond acceptors (Lipinski definition) is 3. The van der Waals surface area contributed by atoms with E-state index >= 15 is 0 Å². The monoisotopic (exact) mass is 356 g/mol. The summed E-state index contributed by atoms with van der Waals surface area (Å²) in [5.41, 5.74) is 2.60. The maximum Gasteiger partial charge on any atom is 0.253 e. The Morgan fingerprint density at radius 2 is 1.80 bits per heavy atom. The van der Waals surface area contributed by atoms with Crippen LogP contribution in [-0.4, -0.2) is 32.8 Å². The van der Waals surface area contributed by atoms with E-state index in [1.807, 2.05) is 31.2 Å². The molecule has 2 aromatic carbocycles. The van der Waals surface area contributed by atoms with E-state index < -0.39 is 10.0 Å². The van der Waals surface area contributed by atoms with Gasteiger partial charge >= 0.3 is 0 Å². The van der Waals surface area contributed by atoms with Crippen molar-refractivity contribution in [1.29, 1.82) is 0 Å². The molecule has 0 spiro atoms. The molecule has 25 heavy (non-hydrogen) atoms. The molecule has 0 fully saturated rings. The van der Waals surface area contributed by atoms with Gasteiger partial charge in [0.1, 0.15) is 0 Å². The van der Waals surface area contributed by atoms with Gasteiger partial charge in [0.15, 0.2) is 0 Å². The van der Waals surface area contributed by atoms with Crippen LogP contribution < -0.4 is 4.72 Å². The summed E-state index contributed by atoms with van der Waals surface area (Å²) < 4.78 is 26.2. The van der Waals surface area contributed by atoms with E-state index in [2.05, 4.69) is 10.6 Å². The minimum Gasteiger partial charge on any atom is -0.337 e. The summed E-state index contributed by atoms with van der Waals surface area (Å²) in [5, 5.41) is 0. The van der Waals surface area contributed by atoms with Crippen LogP contribution in [0.3, 0.4) is 0 Å². The number of nitrogens with zero attached hydrogens (tertiary/aromatic N) is 1. The van der Waals surface area contributed by atoms with Gasteiger partial charge in [-0.3, -0.25) is 4.79 Å². The molecule has 0 saturated carbocycles. The molecule has 0 aliphatic rings. The molecule has 130 valence electrons. The van der Waals surface area contributed by atoms with Gasteiger partial charge in [0, 0.05) is 19.2 Å². The molecule has 1 N–H and O–H groups in total. The smallest absolute Gasteiger partial charge is 0.253 e. The van der Waals surface area contributed by atoms with Gasteiger partial charge in [-0.15, -0.1) is 6.42 Å². The van der Waals surface area contributed by atoms with Gasteiger partial charge in [0.2, 0.25) is 10.0 Å². The molecule has 1 amide bonds. The molecule has 0 radical (unpaired) electrons. The summed E-state index contributed by atoms with van der Waals surface area (Å²) in [7, 11) is -1.94. The minimum absolute atomic E-state index is 0.0702. The summed E-state index contributed by atoms with van der Waals surface area (Å²) in [5.74, 6) is 2.04. The molecule has 2 rings (SSSR count). The van der Waals surface area contributed by atoms with Crippen molar-refractivity contribution >= 4 is 15.9 Å². The Morgan fingerprint density at radius 1 is 1.16 bits per heavy atom. The van der Waals surface area contributed by atoms with Crippen molar-refractivity contribution in [2.45, 2.75) is 18.4 Å². The summed E-state index contributed by atoms with van der Waals surface area (Å²) >= 11 is 0. The zero-order valence-electron chi connectivity index (χ0n) is 14.2. The normalized spacial score (nSPS) is 10.9. The van der Waals surface area contributed by atoms with E-state index in [4.69, 9.17) is 6.42 Å². The van der Waals surface area contributed by atoms with Gasteiger partial charge in [0.05, 0.1) is 11.4 Å². The average Bonchev–Trinajstić information content (AvgIpc) is 2.61. The van der Waals surface area contributed by atoms with Crippen LogP contribution in [0.25, 0.3) is 0 Å².